The summed E-state index contributed by atoms with van der Waals surface area (Å²) in [4.78, 5) is 14.1. The number of carbonyl (C=O) groups is 1. The minimum atomic E-state index is -4.44. The highest BCUT2D eigenvalue weighted by Crippen LogP contribution is 2.35. The first-order valence-corrected chi connectivity index (χ1v) is 11.3. The lowest BCUT2D eigenvalue weighted by molar-refractivity contribution is -0.141. The number of halogens is 4. The minimum absolute atomic E-state index is 0.117. The topological polar surface area (TPSA) is 119 Å². The smallest absolute Gasteiger partial charge is 0.416 e. The Morgan fingerprint density at radius 2 is 2.09 bits per heavy atom. The number of anilines is 1. The Morgan fingerprint density at radius 1 is 1.33 bits per heavy atom. The van der Waals surface area contributed by atoms with Crippen LogP contribution in [0.4, 0.5) is 18.3 Å². The molecule has 1 atom stereocenters. The number of aromatic nitrogens is 6. The van der Waals surface area contributed by atoms with Crippen LogP contribution in [-0.2, 0) is 11.0 Å². The normalized spacial score (nSPS) is 12.5. The summed E-state index contributed by atoms with van der Waals surface area (Å²) in [7, 11) is 1.78. The van der Waals surface area contributed by atoms with E-state index in [4.69, 9.17) is 4.74 Å². The van der Waals surface area contributed by atoms with Gasteiger partial charge in [-0.2, -0.15) is 13.2 Å². The molecule has 3 aromatic rings. The molecule has 0 radical (unpaired) electrons. The summed E-state index contributed by atoms with van der Waals surface area (Å²) in [6.07, 6.45) is -3.63. The van der Waals surface area contributed by atoms with Crippen molar-refractivity contribution in [3.05, 3.63) is 28.2 Å². The molecule has 2 heterocycles. The van der Waals surface area contributed by atoms with Gasteiger partial charge in [0.1, 0.15) is 5.75 Å². The van der Waals surface area contributed by atoms with Crippen LogP contribution in [0.3, 0.4) is 0 Å². The molecule has 0 amide bonds. The summed E-state index contributed by atoms with van der Waals surface area (Å²) in [6.45, 7) is 2.40. The quantitative estimate of drug-likeness (QED) is 0.375. The number of aliphatic carboxylic acids is 1. The van der Waals surface area contributed by atoms with E-state index in [9.17, 15) is 23.1 Å². The van der Waals surface area contributed by atoms with E-state index >= 15 is 0 Å². The molecule has 3 rings (SSSR count). The number of hydrogen-bond donors (Lipinski definition) is 1. The highest BCUT2D eigenvalue weighted by atomic mass is 79.9. The van der Waals surface area contributed by atoms with Crippen molar-refractivity contribution in [3.63, 3.8) is 0 Å². The van der Waals surface area contributed by atoms with E-state index in [1.807, 2.05) is 4.90 Å². The van der Waals surface area contributed by atoms with Gasteiger partial charge in [-0.3, -0.25) is 0 Å². The molecule has 0 saturated heterocycles. The molecule has 0 saturated carbocycles. The number of rotatable bonds is 10. The largest absolute Gasteiger partial charge is 0.492 e. The van der Waals surface area contributed by atoms with E-state index < -0.39 is 23.8 Å². The van der Waals surface area contributed by atoms with Gasteiger partial charge in [-0.1, -0.05) is 18.3 Å². The third-order valence-electron chi connectivity index (χ3n) is 4.46. The fraction of sp³-hybridized carbons (Fsp3) is 0.444. The van der Waals surface area contributed by atoms with Crippen molar-refractivity contribution in [1.29, 1.82) is 0 Å². The van der Waals surface area contributed by atoms with Crippen molar-refractivity contribution in [2.24, 2.45) is 0 Å². The van der Waals surface area contributed by atoms with Crippen molar-refractivity contribution in [2.75, 3.05) is 25.1 Å². The van der Waals surface area contributed by atoms with Gasteiger partial charge in [-0.05, 0) is 52.2 Å². The number of nitrogens with zero attached hydrogens (tertiary/aromatic N) is 7. The molecule has 0 aliphatic carbocycles. The molecule has 1 unspecified atom stereocenters. The summed E-state index contributed by atoms with van der Waals surface area (Å²) >= 11 is 4.39. The maximum atomic E-state index is 12.9. The molecular weight excluding hydrogens is 531 g/mol. The van der Waals surface area contributed by atoms with Gasteiger partial charge >= 0.3 is 12.1 Å². The first kappa shape index (κ1) is 24.8. The van der Waals surface area contributed by atoms with Crippen molar-refractivity contribution < 1.29 is 27.8 Å². The number of hydrogen-bond acceptors (Lipinski definition) is 9. The molecule has 10 nitrogen and oxygen atoms in total. The van der Waals surface area contributed by atoms with Gasteiger partial charge in [-0.15, -0.1) is 25.2 Å². The van der Waals surface area contributed by atoms with Crippen LogP contribution in [0.5, 0.6) is 5.75 Å². The van der Waals surface area contributed by atoms with Gasteiger partial charge in [0.05, 0.1) is 16.6 Å². The van der Waals surface area contributed by atoms with Crippen molar-refractivity contribution in [2.45, 2.75) is 32.0 Å². The van der Waals surface area contributed by atoms with Gasteiger partial charge in [0.15, 0.2) is 11.0 Å². The van der Waals surface area contributed by atoms with E-state index in [1.165, 1.54) is 17.4 Å². The highest BCUT2D eigenvalue weighted by molar-refractivity contribution is 9.10. The predicted octanol–water partition coefficient (Wildman–Crippen LogP) is 3.91. The molecule has 0 aliphatic rings. The van der Waals surface area contributed by atoms with E-state index in [1.54, 1.807) is 14.0 Å². The minimum Gasteiger partial charge on any atom is -0.492 e. The number of benzene rings is 1. The number of ether oxygens (including phenoxy) is 1. The second kappa shape index (κ2) is 10.4. The number of alkyl halides is 3. The number of carboxylic acids is 1. The molecule has 0 bridgehead atoms. The van der Waals surface area contributed by atoms with Crippen LogP contribution < -0.4 is 9.64 Å². The van der Waals surface area contributed by atoms with Crippen LogP contribution in [-0.4, -0.2) is 61.7 Å². The van der Waals surface area contributed by atoms with Crippen molar-refractivity contribution in [1.82, 2.24) is 30.4 Å². The van der Waals surface area contributed by atoms with Gasteiger partial charge in [0.2, 0.25) is 11.0 Å². The monoisotopic (exact) mass is 549 g/mol. The molecule has 33 heavy (non-hydrogen) atoms. The van der Waals surface area contributed by atoms with Crippen LogP contribution in [0.2, 0.25) is 0 Å². The summed E-state index contributed by atoms with van der Waals surface area (Å²) in [6, 6.07) is 2.32. The van der Waals surface area contributed by atoms with Crippen LogP contribution in [0.1, 0.15) is 31.4 Å². The zero-order valence-electron chi connectivity index (χ0n) is 17.5. The lowest BCUT2D eigenvalue weighted by Crippen LogP contribution is -2.20. The van der Waals surface area contributed by atoms with Crippen molar-refractivity contribution in [3.8, 4) is 16.6 Å². The maximum absolute atomic E-state index is 12.9. The van der Waals surface area contributed by atoms with E-state index in [-0.39, 0.29) is 18.2 Å². The lowest BCUT2D eigenvalue weighted by Gasteiger charge is -2.16. The standard InChI is InChI=1S/C18H19BrF3N7O3S/c1-3-12(16(30)31)29-26-14(23-27-29)15-24-25-17(33-15)28(2)7-4-8-32-13-9-10(18(20,21)22)5-6-11(13)19/h5-6,9,12H,3-4,7-8H2,1-2H3,(H,30,31). The van der Waals surface area contributed by atoms with Gasteiger partial charge < -0.3 is 14.7 Å². The molecular formula is C18H19BrF3N7O3S. The molecule has 0 fully saturated rings. The van der Waals surface area contributed by atoms with Crippen LogP contribution >= 0.6 is 27.3 Å². The first-order valence-electron chi connectivity index (χ1n) is 9.67. The molecule has 1 aromatic carbocycles. The van der Waals surface area contributed by atoms with Gasteiger partial charge in [0.25, 0.3) is 0 Å². The molecule has 0 aliphatic heterocycles. The summed E-state index contributed by atoms with van der Waals surface area (Å²) in [5.74, 6) is -0.769. The Morgan fingerprint density at radius 3 is 2.76 bits per heavy atom. The van der Waals surface area contributed by atoms with Crippen LogP contribution in [0, 0.1) is 0 Å². The van der Waals surface area contributed by atoms with Gasteiger partial charge in [0, 0.05) is 13.6 Å². The highest BCUT2D eigenvalue weighted by Gasteiger charge is 2.31. The second-order valence-electron chi connectivity index (χ2n) is 6.85. The fourth-order valence-electron chi connectivity index (χ4n) is 2.71. The Balaban J connectivity index is 1.55. The van der Waals surface area contributed by atoms with E-state index in [2.05, 4.69) is 41.5 Å². The molecule has 1 N–H and O–H groups in total. The third kappa shape index (κ3) is 6.16. The van der Waals surface area contributed by atoms with Crippen LogP contribution in [0.15, 0.2) is 22.7 Å². The maximum Gasteiger partial charge on any atom is 0.416 e. The Labute approximate surface area is 198 Å². The molecule has 15 heteroatoms. The van der Waals surface area contributed by atoms with E-state index in [0.29, 0.717) is 34.0 Å². The Kier molecular flexibility index (Phi) is 7.84. The fourth-order valence-corrected chi connectivity index (χ4v) is 3.83. The zero-order chi connectivity index (χ0) is 24.2. The summed E-state index contributed by atoms with van der Waals surface area (Å²) in [5.41, 5.74) is -0.779. The van der Waals surface area contributed by atoms with Crippen LogP contribution in [0.25, 0.3) is 10.8 Å². The number of tetrazole rings is 1. The predicted molar refractivity (Wildman–Crippen MR) is 116 cm³/mol. The molecule has 178 valence electrons. The SMILES string of the molecule is CCC(C(=O)O)n1nnc(-c2nnc(N(C)CCCOc3cc(C(F)(F)F)ccc3Br)s2)n1. The third-order valence-corrected chi connectivity index (χ3v) is 6.15. The Bertz CT molecular complexity index is 1110. The molecule has 0 spiro atoms. The van der Waals surface area contributed by atoms with Crippen molar-refractivity contribution >= 4 is 38.4 Å². The average Bonchev–Trinajstić information content (AvgIpc) is 3.41. The summed E-state index contributed by atoms with van der Waals surface area (Å²) in [5, 5.41) is 30.0. The van der Waals surface area contributed by atoms with Gasteiger partial charge in [-0.25, -0.2) is 4.79 Å². The molecule has 2 aromatic heterocycles. The average molecular weight is 550 g/mol. The lowest BCUT2D eigenvalue weighted by atomic mass is 10.2. The van der Waals surface area contributed by atoms with E-state index in [0.717, 1.165) is 16.9 Å². The first-order chi connectivity index (χ1) is 15.6. The second-order valence-corrected chi connectivity index (χ2v) is 8.66. The number of carboxylic acid groups (broad SMARTS) is 1. The zero-order valence-corrected chi connectivity index (χ0v) is 19.9. The summed E-state index contributed by atoms with van der Waals surface area (Å²) < 4.78 is 44.6. The Hall–Kier alpha value is -2.81.